The van der Waals surface area contributed by atoms with E-state index in [4.69, 9.17) is 4.42 Å². The summed E-state index contributed by atoms with van der Waals surface area (Å²) in [7, 11) is 0. The molecule has 0 saturated heterocycles. The van der Waals surface area contributed by atoms with Crippen LogP contribution in [0.2, 0.25) is 0 Å². The van der Waals surface area contributed by atoms with Crippen LogP contribution in [-0.2, 0) is 0 Å². The van der Waals surface area contributed by atoms with E-state index < -0.39 is 16.2 Å². The zero-order valence-corrected chi connectivity index (χ0v) is 11.5. The maximum Gasteiger partial charge on any atom is 0.417 e. The summed E-state index contributed by atoms with van der Waals surface area (Å²) < 4.78 is 5.00. The van der Waals surface area contributed by atoms with Crippen LogP contribution >= 0.6 is 0 Å². The topological polar surface area (TPSA) is 85.4 Å². The number of benzene rings is 1. The molecule has 0 aliphatic rings. The van der Waals surface area contributed by atoms with E-state index in [1.165, 1.54) is 0 Å². The second kappa shape index (κ2) is 5.32. The molecule has 1 heterocycles. The highest BCUT2D eigenvalue weighted by Crippen LogP contribution is 2.31. The first kappa shape index (κ1) is 14.0. The number of para-hydroxylation sites is 1. The molecule has 1 N–H and O–H groups in total. The summed E-state index contributed by atoms with van der Waals surface area (Å²) in [6, 6.07) is 6.76. The molecule has 0 spiro atoms. The van der Waals surface area contributed by atoms with Crippen LogP contribution in [0.25, 0.3) is 11.0 Å². The van der Waals surface area contributed by atoms with Gasteiger partial charge in [-0.15, -0.1) is 0 Å². The van der Waals surface area contributed by atoms with Crippen LogP contribution in [-0.4, -0.2) is 11.0 Å². The van der Waals surface area contributed by atoms with Crippen LogP contribution in [0.3, 0.4) is 0 Å². The summed E-state index contributed by atoms with van der Waals surface area (Å²) in [6.45, 7) is 5.91. The van der Waals surface area contributed by atoms with Gasteiger partial charge in [0.25, 0.3) is 0 Å². The molecule has 0 fully saturated rings. The summed E-state index contributed by atoms with van der Waals surface area (Å²) in [5.74, 6) is 0.264. The monoisotopic (exact) mass is 276 g/mol. The minimum absolute atomic E-state index is 0.0149. The molecule has 6 heteroatoms. The van der Waals surface area contributed by atoms with Crippen molar-refractivity contribution in [3.05, 3.63) is 44.8 Å². The second-order valence-corrected chi connectivity index (χ2v) is 5.04. The van der Waals surface area contributed by atoms with Gasteiger partial charge in [-0.1, -0.05) is 26.0 Å². The highest BCUT2D eigenvalue weighted by molar-refractivity contribution is 5.94. The van der Waals surface area contributed by atoms with Gasteiger partial charge in [0.2, 0.25) is 0 Å². The van der Waals surface area contributed by atoms with E-state index in [1.54, 1.807) is 24.3 Å². The molecular weight excluding hydrogens is 260 g/mol. The van der Waals surface area contributed by atoms with Gasteiger partial charge < -0.3 is 9.73 Å². The number of hydrogen-bond acceptors (Lipinski definition) is 5. The fraction of sp³-hybridized carbons (Fsp3) is 0.357. The predicted molar refractivity (Wildman–Crippen MR) is 77.1 cm³/mol. The van der Waals surface area contributed by atoms with Gasteiger partial charge in [0.1, 0.15) is 11.3 Å². The molecule has 2 rings (SSSR count). The van der Waals surface area contributed by atoms with Crippen LogP contribution in [0.5, 0.6) is 0 Å². The molecule has 1 unspecified atom stereocenters. The molecule has 0 amide bonds. The largest absolute Gasteiger partial charge is 0.418 e. The van der Waals surface area contributed by atoms with Crippen LogP contribution in [0, 0.1) is 16.0 Å². The van der Waals surface area contributed by atoms with Crippen molar-refractivity contribution in [2.45, 2.75) is 26.8 Å². The van der Waals surface area contributed by atoms with Crippen molar-refractivity contribution in [1.82, 2.24) is 0 Å². The van der Waals surface area contributed by atoms with Crippen molar-refractivity contribution >= 4 is 22.3 Å². The number of rotatable bonds is 4. The fourth-order valence-corrected chi connectivity index (χ4v) is 1.85. The Kier molecular flexibility index (Phi) is 3.74. The molecule has 0 saturated carbocycles. The van der Waals surface area contributed by atoms with Gasteiger partial charge >= 0.3 is 11.3 Å². The Morgan fingerprint density at radius 1 is 1.25 bits per heavy atom. The third-order valence-corrected chi connectivity index (χ3v) is 3.34. The van der Waals surface area contributed by atoms with E-state index in [2.05, 4.69) is 5.32 Å². The first-order valence-corrected chi connectivity index (χ1v) is 6.38. The van der Waals surface area contributed by atoms with Gasteiger partial charge in [0.15, 0.2) is 0 Å². The van der Waals surface area contributed by atoms with Gasteiger partial charge in [-0.2, -0.15) is 0 Å². The molecule has 1 atom stereocenters. The Labute approximate surface area is 115 Å². The van der Waals surface area contributed by atoms with E-state index in [0.29, 0.717) is 11.0 Å². The van der Waals surface area contributed by atoms with Crippen molar-refractivity contribution < 1.29 is 9.34 Å². The average Bonchev–Trinajstić information content (AvgIpc) is 2.37. The zero-order chi connectivity index (χ0) is 14.9. The summed E-state index contributed by atoms with van der Waals surface area (Å²) in [4.78, 5) is 22.2. The van der Waals surface area contributed by atoms with E-state index in [1.807, 2.05) is 20.8 Å². The Morgan fingerprint density at radius 2 is 1.90 bits per heavy atom. The van der Waals surface area contributed by atoms with Gasteiger partial charge in [-0.25, -0.2) is 4.79 Å². The molecule has 1 aromatic heterocycles. The molecule has 6 nitrogen and oxygen atoms in total. The number of nitro groups is 1. The smallest absolute Gasteiger partial charge is 0.417 e. The van der Waals surface area contributed by atoms with E-state index in [-0.39, 0.29) is 17.6 Å². The Hall–Kier alpha value is -2.37. The van der Waals surface area contributed by atoms with Gasteiger partial charge in [0.05, 0.1) is 4.92 Å². The lowest BCUT2D eigenvalue weighted by Gasteiger charge is -2.19. The Bertz CT molecular complexity index is 706. The molecule has 2 aromatic rings. The van der Waals surface area contributed by atoms with E-state index in [0.717, 1.165) is 0 Å². The van der Waals surface area contributed by atoms with Gasteiger partial charge in [-0.3, -0.25) is 10.1 Å². The summed E-state index contributed by atoms with van der Waals surface area (Å²) in [5.41, 5.74) is -0.923. The molecule has 0 bridgehead atoms. The van der Waals surface area contributed by atoms with Crippen molar-refractivity contribution in [3.63, 3.8) is 0 Å². The van der Waals surface area contributed by atoms with Crippen molar-refractivity contribution in [2.24, 2.45) is 5.92 Å². The van der Waals surface area contributed by atoms with Crippen molar-refractivity contribution in [1.29, 1.82) is 0 Å². The molecule has 0 aliphatic heterocycles. The SMILES string of the molecule is CC(C)C(C)Nc1c([N+](=O)[O-])c(=O)oc2ccccc12. The standard InChI is InChI=1S/C14H16N2O4/c1-8(2)9(3)15-12-10-6-4-5-7-11(10)20-14(17)13(12)16(18)19/h4-9,15H,1-3H3. The maximum absolute atomic E-state index is 11.8. The third kappa shape index (κ3) is 2.49. The molecule has 1 aromatic carbocycles. The maximum atomic E-state index is 11.8. The first-order valence-electron chi connectivity index (χ1n) is 6.38. The molecule has 106 valence electrons. The van der Waals surface area contributed by atoms with E-state index in [9.17, 15) is 14.9 Å². The molecular formula is C14H16N2O4. The second-order valence-electron chi connectivity index (χ2n) is 5.04. The van der Waals surface area contributed by atoms with Crippen molar-refractivity contribution in [2.75, 3.05) is 5.32 Å². The normalized spacial score (nSPS) is 12.6. The highest BCUT2D eigenvalue weighted by Gasteiger charge is 2.26. The lowest BCUT2D eigenvalue weighted by atomic mass is 10.1. The minimum Gasteiger partial charge on any atom is -0.418 e. The minimum atomic E-state index is -0.938. The van der Waals surface area contributed by atoms with Gasteiger partial charge in [0, 0.05) is 11.4 Å². The van der Waals surface area contributed by atoms with Crippen molar-refractivity contribution in [3.8, 4) is 0 Å². The summed E-state index contributed by atoms with van der Waals surface area (Å²) in [5, 5.41) is 14.8. The summed E-state index contributed by atoms with van der Waals surface area (Å²) >= 11 is 0. The number of nitrogens with one attached hydrogen (secondary N) is 1. The van der Waals surface area contributed by atoms with E-state index >= 15 is 0 Å². The van der Waals surface area contributed by atoms with Crippen LogP contribution in [0.15, 0.2) is 33.5 Å². The molecule has 20 heavy (non-hydrogen) atoms. The van der Waals surface area contributed by atoms with Gasteiger partial charge in [-0.05, 0) is 25.0 Å². The fourth-order valence-electron chi connectivity index (χ4n) is 1.85. The third-order valence-electron chi connectivity index (χ3n) is 3.34. The lowest BCUT2D eigenvalue weighted by Crippen LogP contribution is -2.23. The molecule has 0 radical (unpaired) electrons. The lowest BCUT2D eigenvalue weighted by molar-refractivity contribution is -0.386. The quantitative estimate of drug-likeness (QED) is 0.526. The van der Waals surface area contributed by atoms with Crippen LogP contribution in [0.4, 0.5) is 11.4 Å². The molecule has 0 aliphatic carbocycles. The number of nitrogens with zero attached hydrogens (tertiary/aromatic N) is 1. The van der Waals surface area contributed by atoms with Crippen LogP contribution < -0.4 is 10.9 Å². The van der Waals surface area contributed by atoms with Crippen LogP contribution in [0.1, 0.15) is 20.8 Å². The number of fused-ring (bicyclic) bond motifs is 1. The Balaban J connectivity index is 2.72. The highest BCUT2D eigenvalue weighted by atomic mass is 16.6. The average molecular weight is 276 g/mol. The Morgan fingerprint density at radius 3 is 2.50 bits per heavy atom. The number of hydrogen-bond donors (Lipinski definition) is 1. The predicted octanol–water partition coefficient (Wildman–Crippen LogP) is 3.16. The first-order chi connectivity index (χ1) is 9.41. The summed E-state index contributed by atoms with van der Waals surface area (Å²) in [6.07, 6.45) is 0. The number of anilines is 1. The zero-order valence-electron chi connectivity index (χ0n) is 11.5.